The number of hydrogen-bond acceptors (Lipinski definition) is 1. The van der Waals surface area contributed by atoms with Gasteiger partial charge in [-0.2, -0.15) is 0 Å². The third kappa shape index (κ3) is 1.88. The van der Waals surface area contributed by atoms with Crippen molar-refractivity contribution in [2.45, 2.75) is 44.9 Å². The van der Waals surface area contributed by atoms with Crippen molar-refractivity contribution in [3.63, 3.8) is 0 Å². The Hall–Kier alpha value is -0.980. The summed E-state index contributed by atoms with van der Waals surface area (Å²) < 4.78 is 0. The van der Waals surface area contributed by atoms with Gasteiger partial charge in [-0.25, -0.2) is 0 Å². The van der Waals surface area contributed by atoms with E-state index in [1.165, 1.54) is 31.2 Å². The van der Waals surface area contributed by atoms with Gasteiger partial charge in [-0.1, -0.05) is 38.8 Å². The van der Waals surface area contributed by atoms with Crippen molar-refractivity contribution in [3.05, 3.63) is 29.8 Å². The van der Waals surface area contributed by atoms with E-state index in [2.05, 4.69) is 26.0 Å². The first-order valence-electron chi connectivity index (χ1n) is 5.92. The number of aromatic hydroxyl groups is 1. The van der Waals surface area contributed by atoms with E-state index in [0.717, 1.165) is 5.92 Å². The topological polar surface area (TPSA) is 20.2 Å². The second-order valence-electron chi connectivity index (χ2n) is 5.11. The van der Waals surface area contributed by atoms with Crippen molar-refractivity contribution in [2.24, 2.45) is 5.92 Å². The lowest BCUT2D eigenvalue weighted by Crippen LogP contribution is -2.33. The largest absolute Gasteiger partial charge is 0.508 e. The number of rotatable bonds is 1. The van der Waals surface area contributed by atoms with Crippen LogP contribution in [0.1, 0.15) is 45.1 Å². The molecule has 1 fully saturated rings. The highest BCUT2D eigenvalue weighted by Gasteiger charge is 2.34. The minimum Gasteiger partial charge on any atom is -0.508 e. The molecule has 82 valence electrons. The molecule has 2 atom stereocenters. The Labute approximate surface area is 92.1 Å². The van der Waals surface area contributed by atoms with E-state index in [0.29, 0.717) is 11.2 Å². The lowest BCUT2D eigenvalue weighted by molar-refractivity contribution is 0.221. The highest BCUT2D eigenvalue weighted by molar-refractivity contribution is 5.32. The van der Waals surface area contributed by atoms with Gasteiger partial charge in [-0.05, 0) is 41.9 Å². The average Bonchev–Trinajstić information content (AvgIpc) is 2.23. The molecule has 2 rings (SSSR count). The summed E-state index contributed by atoms with van der Waals surface area (Å²) in [6.07, 6.45) is 5.31. The zero-order chi connectivity index (χ0) is 10.9. The van der Waals surface area contributed by atoms with Crippen molar-refractivity contribution in [1.29, 1.82) is 0 Å². The van der Waals surface area contributed by atoms with Gasteiger partial charge in [0.25, 0.3) is 0 Å². The highest BCUT2D eigenvalue weighted by atomic mass is 16.3. The van der Waals surface area contributed by atoms with Crippen molar-refractivity contribution < 1.29 is 5.11 Å². The SMILES string of the molecule is CC1CCCCC1(C)c1ccc(O)cc1. The monoisotopic (exact) mass is 204 g/mol. The highest BCUT2D eigenvalue weighted by Crippen LogP contribution is 2.43. The first-order valence-corrected chi connectivity index (χ1v) is 5.92. The molecule has 1 heteroatoms. The van der Waals surface area contributed by atoms with E-state index < -0.39 is 0 Å². The molecule has 1 nitrogen and oxygen atoms in total. The van der Waals surface area contributed by atoms with E-state index in [1.54, 1.807) is 0 Å². The third-order valence-corrected chi connectivity index (χ3v) is 4.20. The van der Waals surface area contributed by atoms with Gasteiger partial charge in [0, 0.05) is 0 Å². The maximum Gasteiger partial charge on any atom is 0.115 e. The van der Waals surface area contributed by atoms with Gasteiger partial charge in [0.15, 0.2) is 0 Å². The molecule has 1 aliphatic rings. The minimum absolute atomic E-state index is 0.311. The van der Waals surface area contributed by atoms with Crippen molar-refractivity contribution in [2.75, 3.05) is 0 Å². The molecule has 0 bridgehead atoms. The Morgan fingerprint density at radius 2 is 1.87 bits per heavy atom. The maximum absolute atomic E-state index is 9.30. The number of benzene rings is 1. The lowest BCUT2D eigenvalue weighted by Gasteiger charge is -2.40. The van der Waals surface area contributed by atoms with Gasteiger partial charge in [0.1, 0.15) is 5.75 Å². The van der Waals surface area contributed by atoms with Crippen LogP contribution in [-0.4, -0.2) is 5.11 Å². The Morgan fingerprint density at radius 1 is 1.20 bits per heavy atom. The summed E-state index contributed by atoms with van der Waals surface area (Å²) in [5, 5.41) is 9.30. The Balaban J connectivity index is 2.30. The Morgan fingerprint density at radius 3 is 2.47 bits per heavy atom. The molecule has 2 unspecified atom stereocenters. The van der Waals surface area contributed by atoms with Gasteiger partial charge in [-0.3, -0.25) is 0 Å². The first-order chi connectivity index (χ1) is 7.13. The molecule has 0 heterocycles. The summed E-state index contributed by atoms with van der Waals surface area (Å²) in [4.78, 5) is 0. The van der Waals surface area contributed by atoms with Crippen LogP contribution in [-0.2, 0) is 5.41 Å². The van der Waals surface area contributed by atoms with Gasteiger partial charge in [-0.15, -0.1) is 0 Å². The van der Waals surface area contributed by atoms with Crippen molar-refractivity contribution >= 4 is 0 Å². The van der Waals surface area contributed by atoms with Crippen LogP contribution >= 0.6 is 0 Å². The van der Waals surface area contributed by atoms with E-state index >= 15 is 0 Å². The minimum atomic E-state index is 0.311. The van der Waals surface area contributed by atoms with Crippen LogP contribution in [0.4, 0.5) is 0 Å². The number of phenols is 1. The predicted molar refractivity (Wildman–Crippen MR) is 63.1 cm³/mol. The van der Waals surface area contributed by atoms with Crippen LogP contribution < -0.4 is 0 Å². The molecule has 1 aromatic rings. The van der Waals surface area contributed by atoms with E-state index in [-0.39, 0.29) is 0 Å². The summed E-state index contributed by atoms with van der Waals surface area (Å²) in [5.74, 6) is 1.11. The predicted octanol–water partition coefficient (Wildman–Crippen LogP) is 3.86. The molecular weight excluding hydrogens is 184 g/mol. The van der Waals surface area contributed by atoms with Crippen molar-refractivity contribution in [3.8, 4) is 5.75 Å². The van der Waals surface area contributed by atoms with E-state index in [1.807, 2.05) is 12.1 Å². The summed E-state index contributed by atoms with van der Waals surface area (Å²) in [6, 6.07) is 7.78. The molecule has 15 heavy (non-hydrogen) atoms. The number of hydrogen-bond donors (Lipinski definition) is 1. The zero-order valence-corrected chi connectivity index (χ0v) is 9.66. The Bertz CT molecular complexity index is 328. The second-order valence-corrected chi connectivity index (χ2v) is 5.11. The molecule has 0 spiro atoms. The molecule has 0 radical (unpaired) electrons. The van der Waals surface area contributed by atoms with Crippen LogP contribution in [0.25, 0.3) is 0 Å². The summed E-state index contributed by atoms with van der Waals surface area (Å²) in [7, 11) is 0. The van der Waals surface area contributed by atoms with Crippen LogP contribution in [0.15, 0.2) is 24.3 Å². The molecule has 0 saturated heterocycles. The van der Waals surface area contributed by atoms with Gasteiger partial charge in [0.05, 0.1) is 0 Å². The summed E-state index contributed by atoms with van der Waals surface area (Å²) in [5.41, 5.74) is 1.69. The van der Waals surface area contributed by atoms with E-state index in [4.69, 9.17) is 0 Å². The second kappa shape index (κ2) is 3.88. The number of phenolic OH excluding ortho intramolecular Hbond substituents is 1. The zero-order valence-electron chi connectivity index (χ0n) is 9.66. The van der Waals surface area contributed by atoms with Gasteiger partial charge in [0.2, 0.25) is 0 Å². The quantitative estimate of drug-likeness (QED) is 0.736. The first kappa shape index (κ1) is 10.5. The molecule has 1 N–H and O–H groups in total. The molecule has 0 amide bonds. The average molecular weight is 204 g/mol. The fraction of sp³-hybridized carbons (Fsp3) is 0.571. The molecule has 1 saturated carbocycles. The normalized spacial score (nSPS) is 31.5. The molecule has 0 aromatic heterocycles. The smallest absolute Gasteiger partial charge is 0.115 e. The fourth-order valence-electron chi connectivity index (χ4n) is 2.78. The van der Waals surface area contributed by atoms with Crippen LogP contribution in [0.5, 0.6) is 5.75 Å². The lowest BCUT2D eigenvalue weighted by atomic mass is 9.64. The maximum atomic E-state index is 9.30. The molecular formula is C14H20O. The third-order valence-electron chi connectivity index (χ3n) is 4.20. The molecule has 1 aromatic carbocycles. The van der Waals surface area contributed by atoms with Crippen LogP contribution in [0.3, 0.4) is 0 Å². The fourth-order valence-corrected chi connectivity index (χ4v) is 2.78. The van der Waals surface area contributed by atoms with Crippen LogP contribution in [0, 0.1) is 5.92 Å². The summed E-state index contributed by atoms with van der Waals surface area (Å²) in [6.45, 7) is 4.72. The molecule has 0 aliphatic heterocycles. The Kier molecular flexibility index (Phi) is 2.72. The molecule has 1 aliphatic carbocycles. The van der Waals surface area contributed by atoms with Gasteiger partial charge < -0.3 is 5.11 Å². The summed E-state index contributed by atoms with van der Waals surface area (Å²) >= 11 is 0. The van der Waals surface area contributed by atoms with Crippen molar-refractivity contribution in [1.82, 2.24) is 0 Å². The standard InChI is InChI=1S/C14H20O/c1-11-5-3-4-10-14(11,2)12-6-8-13(15)9-7-12/h6-9,11,15H,3-5,10H2,1-2H3. The van der Waals surface area contributed by atoms with E-state index in [9.17, 15) is 5.11 Å². The van der Waals surface area contributed by atoms with Crippen LogP contribution in [0.2, 0.25) is 0 Å². The van der Waals surface area contributed by atoms with Gasteiger partial charge >= 0.3 is 0 Å².